The minimum atomic E-state index is -0.233. The summed E-state index contributed by atoms with van der Waals surface area (Å²) in [6.45, 7) is 0. The fourth-order valence-electron chi connectivity index (χ4n) is 2.49. The van der Waals surface area contributed by atoms with Crippen LogP contribution >= 0.6 is 11.3 Å². The molecule has 0 fully saturated rings. The van der Waals surface area contributed by atoms with Gasteiger partial charge in [0.2, 0.25) is 0 Å². The van der Waals surface area contributed by atoms with Gasteiger partial charge in [-0.05, 0) is 29.7 Å². The predicted octanol–water partition coefficient (Wildman–Crippen LogP) is 3.53. The maximum atomic E-state index is 12.4. The monoisotopic (exact) mass is 333 g/mol. The molecule has 0 saturated carbocycles. The summed E-state index contributed by atoms with van der Waals surface area (Å²) in [5.74, 6) is 0. The normalized spacial score (nSPS) is 10.8. The van der Waals surface area contributed by atoms with Crippen molar-refractivity contribution in [3.63, 3.8) is 0 Å². The maximum absolute atomic E-state index is 12.4. The fraction of sp³-hybridized carbons (Fsp3) is 0. The Morgan fingerprint density at radius 2 is 2.00 bits per heavy atom. The molecule has 3 heterocycles. The average molecular weight is 333 g/mol. The van der Waals surface area contributed by atoms with Crippen molar-refractivity contribution in [3.8, 4) is 22.0 Å². The van der Waals surface area contributed by atoms with Crippen LogP contribution in [0.25, 0.3) is 32.9 Å². The summed E-state index contributed by atoms with van der Waals surface area (Å²) in [5, 5.41) is 3.46. The zero-order valence-corrected chi connectivity index (χ0v) is 13.2. The van der Waals surface area contributed by atoms with E-state index in [0.717, 1.165) is 22.4 Å². The first-order chi connectivity index (χ1) is 11.7. The van der Waals surface area contributed by atoms with Crippen LogP contribution in [0.1, 0.15) is 10.4 Å². The van der Waals surface area contributed by atoms with Crippen LogP contribution in [0.3, 0.4) is 0 Å². The van der Waals surface area contributed by atoms with E-state index >= 15 is 0 Å². The molecule has 0 saturated heterocycles. The van der Waals surface area contributed by atoms with Crippen molar-refractivity contribution in [3.05, 3.63) is 70.0 Å². The number of H-pyrrole nitrogens is 1. The Balaban J connectivity index is 1.82. The van der Waals surface area contributed by atoms with Crippen LogP contribution in [0.4, 0.5) is 0 Å². The third-order valence-electron chi connectivity index (χ3n) is 3.67. The summed E-state index contributed by atoms with van der Waals surface area (Å²) in [4.78, 5) is 34.9. The lowest BCUT2D eigenvalue weighted by molar-refractivity contribution is 0.112. The molecule has 0 aliphatic carbocycles. The highest BCUT2D eigenvalue weighted by Crippen LogP contribution is 2.27. The summed E-state index contributed by atoms with van der Waals surface area (Å²) in [6.07, 6.45) is 2.47. The number of aromatic nitrogens is 3. The van der Waals surface area contributed by atoms with Crippen LogP contribution in [0.15, 0.2) is 58.8 Å². The van der Waals surface area contributed by atoms with Gasteiger partial charge >= 0.3 is 0 Å². The quantitative estimate of drug-likeness (QED) is 0.582. The van der Waals surface area contributed by atoms with E-state index in [1.54, 1.807) is 24.4 Å². The van der Waals surface area contributed by atoms with Crippen molar-refractivity contribution >= 4 is 28.5 Å². The number of aromatic amines is 1. The minimum absolute atomic E-state index is 0.233. The largest absolute Gasteiger partial charge is 0.321 e. The van der Waals surface area contributed by atoms with Gasteiger partial charge in [0.15, 0.2) is 0 Å². The number of benzene rings is 1. The van der Waals surface area contributed by atoms with Gasteiger partial charge in [0.05, 0.1) is 17.0 Å². The molecule has 0 atom stereocenters. The van der Waals surface area contributed by atoms with Crippen LogP contribution in [0.2, 0.25) is 0 Å². The number of thiazole rings is 1. The molecule has 0 spiro atoms. The molecule has 0 unspecified atom stereocenters. The number of carbonyl (C=O) groups excluding carboxylic acids is 1. The van der Waals surface area contributed by atoms with E-state index in [9.17, 15) is 9.59 Å². The van der Waals surface area contributed by atoms with E-state index < -0.39 is 0 Å². The number of hydrogen-bond acceptors (Lipinski definition) is 5. The smallest absolute Gasteiger partial charge is 0.257 e. The number of nitrogens with one attached hydrogen (secondary N) is 1. The molecule has 0 aliphatic rings. The van der Waals surface area contributed by atoms with Gasteiger partial charge < -0.3 is 4.98 Å². The molecular formula is C18H11N3O2S. The molecule has 24 heavy (non-hydrogen) atoms. The van der Waals surface area contributed by atoms with E-state index in [4.69, 9.17) is 0 Å². The summed E-state index contributed by atoms with van der Waals surface area (Å²) >= 11 is 1.44. The Bertz CT molecular complexity index is 1100. The third-order valence-corrected chi connectivity index (χ3v) is 4.54. The lowest BCUT2D eigenvalue weighted by atomic mass is 10.1. The molecule has 0 aliphatic heterocycles. The Kier molecular flexibility index (Phi) is 3.51. The summed E-state index contributed by atoms with van der Waals surface area (Å²) in [6, 6.07) is 12.6. The number of fused-ring (bicyclic) bond motifs is 1. The van der Waals surface area contributed by atoms with Crippen molar-refractivity contribution in [2.24, 2.45) is 0 Å². The lowest BCUT2D eigenvalue weighted by Crippen LogP contribution is -2.09. The van der Waals surface area contributed by atoms with Gasteiger partial charge in [-0.1, -0.05) is 18.2 Å². The van der Waals surface area contributed by atoms with Gasteiger partial charge in [0, 0.05) is 22.7 Å². The molecule has 5 nitrogen and oxygen atoms in total. The second kappa shape index (κ2) is 5.82. The summed E-state index contributed by atoms with van der Waals surface area (Å²) in [5.41, 5.74) is 2.82. The summed E-state index contributed by atoms with van der Waals surface area (Å²) < 4.78 is 0. The van der Waals surface area contributed by atoms with Crippen LogP contribution < -0.4 is 5.56 Å². The molecule has 0 amide bonds. The third kappa shape index (κ3) is 2.53. The number of carbonyl (C=O) groups is 1. The molecule has 4 aromatic rings. The molecule has 0 radical (unpaired) electrons. The van der Waals surface area contributed by atoms with Crippen LogP contribution in [-0.2, 0) is 0 Å². The second-order valence-corrected chi connectivity index (χ2v) is 6.09. The fourth-order valence-corrected chi connectivity index (χ4v) is 3.28. The number of rotatable bonds is 3. The van der Waals surface area contributed by atoms with Crippen molar-refractivity contribution in [2.45, 2.75) is 0 Å². The van der Waals surface area contributed by atoms with Crippen molar-refractivity contribution < 1.29 is 4.79 Å². The van der Waals surface area contributed by atoms with Gasteiger partial charge in [-0.25, -0.2) is 4.98 Å². The van der Waals surface area contributed by atoms with Gasteiger partial charge in [-0.2, -0.15) is 0 Å². The number of nitrogens with zero attached hydrogens (tertiary/aromatic N) is 2. The Morgan fingerprint density at radius 1 is 1.08 bits per heavy atom. The van der Waals surface area contributed by atoms with Crippen molar-refractivity contribution in [1.29, 1.82) is 0 Å². The topological polar surface area (TPSA) is 75.7 Å². The summed E-state index contributed by atoms with van der Waals surface area (Å²) in [7, 11) is 0. The van der Waals surface area contributed by atoms with E-state index in [-0.39, 0.29) is 5.56 Å². The maximum Gasteiger partial charge on any atom is 0.257 e. The molecule has 0 bridgehead atoms. The molecule has 116 valence electrons. The highest BCUT2D eigenvalue weighted by atomic mass is 32.1. The minimum Gasteiger partial charge on any atom is -0.321 e. The first-order valence-corrected chi connectivity index (χ1v) is 8.12. The number of hydrogen-bond donors (Lipinski definition) is 1. The lowest BCUT2D eigenvalue weighted by Gasteiger charge is -2.02. The van der Waals surface area contributed by atoms with Gasteiger partial charge in [-0.15, -0.1) is 11.3 Å². The highest BCUT2D eigenvalue weighted by molar-refractivity contribution is 7.13. The van der Waals surface area contributed by atoms with Crippen LogP contribution in [-0.4, -0.2) is 21.2 Å². The molecule has 1 aromatic carbocycles. The van der Waals surface area contributed by atoms with Crippen LogP contribution in [0.5, 0.6) is 0 Å². The van der Waals surface area contributed by atoms with E-state index in [1.807, 2.05) is 29.6 Å². The standard InChI is InChI=1S/C18H11N3O2S/c22-9-11-4-5-12-8-13(17(23)20-15(12)7-11)16-10-24-18(21-16)14-3-1-2-6-19-14/h1-10H,(H,20,23). The van der Waals surface area contributed by atoms with Gasteiger partial charge in [-0.3, -0.25) is 14.6 Å². The zero-order valence-electron chi connectivity index (χ0n) is 12.4. The number of pyridine rings is 2. The SMILES string of the molecule is O=Cc1ccc2cc(-c3csc(-c4ccccn4)n3)c(=O)[nH]c2c1. The number of aldehydes is 1. The van der Waals surface area contributed by atoms with Crippen molar-refractivity contribution in [1.82, 2.24) is 15.0 Å². The Hall–Kier alpha value is -3.12. The molecular weight excluding hydrogens is 322 g/mol. The molecule has 4 rings (SSSR count). The van der Waals surface area contributed by atoms with Gasteiger partial charge in [0.1, 0.15) is 11.3 Å². The Morgan fingerprint density at radius 3 is 2.79 bits per heavy atom. The zero-order chi connectivity index (χ0) is 16.5. The Labute approximate surface area is 140 Å². The molecule has 1 N–H and O–H groups in total. The van der Waals surface area contributed by atoms with Crippen LogP contribution in [0, 0.1) is 0 Å². The first kappa shape index (κ1) is 14.5. The van der Waals surface area contributed by atoms with Gasteiger partial charge in [0.25, 0.3) is 5.56 Å². The first-order valence-electron chi connectivity index (χ1n) is 7.24. The molecule has 6 heteroatoms. The van der Waals surface area contributed by atoms with E-state index in [2.05, 4.69) is 15.0 Å². The van der Waals surface area contributed by atoms with Crippen molar-refractivity contribution in [2.75, 3.05) is 0 Å². The predicted molar refractivity (Wildman–Crippen MR) is 94.3 cm³/mol. The second-order valence-electron chi connectivity index (χ2n) is 5.23. The van der Waals surface area contributed by atoms with E-state index in [0.29, 0.717) is 22.3 Å². The molecule has 3 aromatic heterocycles. The highest BCUT2D eigenvalue weighted by Gasteiger charge is 2.11. The average Bonchev–Trinajstić information content (AvgIpc) is 3.11. The van der Waals surface area contributed by atoms with E-state index in [1.165, 1.54) is 11.3 Å².